The first-order valence-electron chi connectivity index (χ1n) is 5.17. The molecule has 0 amide bonds. The lowest BCUT2D eigenvalue weighted by Crippen LogP contribution is -2.19. The summed E-state index contributed by atoms with van der Waals surface area (Å²) in [4.78, 5) is 2.09. The van der Waals surface area contributed by atoms with Gasteiger partial charge in [-0.25, -0.2) is 4.39 Å². The minimum absolute atomic E-state index is 0.256. The molecular weight excluding hydrogens is 191 g/mol. The maximum atomic E-state index is 13.3. The molecular formula is C12H13FN2. The number of halogens is 1. The monoisotopic (exact) mass is 204 g/mol. The molecule has 0 atom stereocenters. The second-order valence-corrected chi connectivity index (χ2v) is 3.92. The van der Waals surface area contributed by atoms with Crippen molar-refractivity contribution < 1.29 is 4.39 Å². The van der Waals surface area contributed by atoms with Gasteiger partial charge >= 0.3 is 0 Å². The number of hydrogen-bond donors (Lipinski definition) is 0. The standard InChI is InChI=1S/C12H13FN2/c1-9-6-10(13)7-12(11(9)8-14)15-4-2-3-5-15/h6-7H,2-5H2,1H3. The van der Waals surface area contributed by atoms with Crippen LogP contribution in [0.2, 0.25) is 0 Å². The molecule has 1 fully saturated rings. The Morgan fingerprint density at radius 2 is 2.00 bits per heavy atom. The van der Waals surface area contributed by atoms with Crippen molar-refractivity contribution in [2.75, 3.05) is 18.0 Å². The molecule has 0 bridgehead atoms. The predicted molar refractivity (Wildman–Crippen MR) is 57.3 cm³/mol. The Balaban J connectivity index is 2.48. The summed E-state index contributed by atoms with van der Waals surface area (Å²) in [5.74, 6) is -0.256. The van der Waals surface area contributed by atoms with Gasteiger partial charge in [0.2, 0.25) is 0 Å². The maximum absolute atomic E-state index is 13.3. The largest absolute Gasteiger partial charge is 0.370 e. The van der Waals surface area contributed by atoms with E-state index >= 15 is 0 Å². The Morgan fingerprint density at radius 1 is 1.33 bits per heavy atom. The number of anilines is 1. The van der Waals surface area contributed by atoms with Crippen LogP contribution in [0.15, 0.2) is 12.1 Å². The summed E-state index contributed by atoms with van der Waals surface area (Å²) in [5.41, 5.74) is 2.09. The molecule has 1 saturated heterocycles. The summed E-state index contributed by atoms with van der Waals surface area (Å²) in [5, 5.41) is 9.05. The molecule has 0 saturated carbocycles. The van der Waals surface area contributed by atoms with Crippen LogP contribution in [0.3, 0.4) is 0 Å². The topological polar surface area (TPSA) is 27.0 Å². The molecule has 0 spiro atoms. The van der Waals surface area contributed by atoms with E-state index < -0.39 is 0 Å². The highest BCUT2D eigenvalue weighted by Gasteiger charge is 2.17. The van der Waals surface area contributed by atoms with Gasteiger partial charge in [-0.3, -0.25) is 0 Å². The minimum Gasteiger partial charge on any atom is -0.370 e. The van der Waals surface area contributed by atoms with Crippen molar-refractivity contribution in [3.05, 3.63) is 29.1 Å². The number of nitrogens with zero attached hydrogens (tertiary/aromatic N) is 2. The molecule has 15 heavy (non-hydrogen) atoms. The Bertz CT molecular complexity index is 414. The first-order valence-corrected chi connectivity index (χ1v) is 5.17. The van der Waals surface area contributed by atoms with Crippen molar-refractivity contribution in [1.29, 1.82) is 5.26 Å². The van der Waals surface area contributed by atoms with E-state index in [1.54, 1.807) is 6.92 Å². The van der Waals surface area contributed by atoms with Gasteiger partial charge in [0.15, 0.2) is 0 Å². The van der Waals surface area contributed by atoms with Crippen molar-refractivity contribution in [3.63, 3.8) is 0 Å². The summed E-state index contributed by atoms with van der Waals surface area (Å²) >= 11 is 0. The SMILES string of the molecule is Cc1cc(F)cc(N2CCCC2)c1C#N. The zero-order valence-corrected chi connectivity index (χ0v) is 8.76. The fourth-order valence-electron chi connectivity index (χ4n) is 2.08. The molecule has 0 aromatic heterocycles. The highest BCUT2D eigenvalue weighted by Crippen LogP contribution is 2.27. The van der Waals surface area contributed by atoms with Crippen molar-refractivity contribution in [2.45, 2.75) is 19.8 Å². The Hall–Kier alpha value is -1.56. The van der Waals surface area contributed by atoms with Crippen LogP contribution in [-0.4, -0.2) is 13.1 Å². The molecule has 1 aliphatic rings. The molecule has 0 aliphatic carbocycles. The first kappa shape index (κ1) is 9.97. The summed E-state index contributed by atoms with van der Waals surface area (Å²) in [6.45, 7) is 3.64. The normalized spacial score (nSPS) is 15.4. The van der Waals surface area contributed by atoms with E-state index in [2.05, 4.69) is 11.0 Å². The Kier molecular flexibility index (Phi) is 2.59. The number of nitriles is 1. The fraction of sp³-hybridized carbons (Fsp3) is 0.417. The third kappa shape index (κ3) is 1.80. The van der Waals surface area contributed by atoms with Gasteiger partial charge < -0.3 is 4.90 Å². The quantitative estimate of drug-likeness (QED) is 0.703. The number of hydrogen-bond acceptors (Lipinski definition) is 2. The van der Waals surface area contributed by atoms with E-state index in [-0.39, 0.29) is 5.82 Å². The van der Waals surface area contributed by atoms with Crippen LogP contribution in [0.1, 0.15) is 24.0 Å². The Morgan fingerprint density at radius 3 is 2.60 bits per heavy atom. The summed E-state index contributed by atoms with van der Waals surface area (Å²) < 4.78 is 13.3. The van der Waals surface area contributed by atoms with Gasteiger partial charge in [-0.15, -0.1) is 0 Å². The highest BCUT2D eigenvalue weighted by atomic mass is 19.1. The third-order valence-electron chi connectivity index (χ3n) is 2.84. The van der Waals surface area contributed by atoms with Crippen LogP contribution in [0.5, 0.6) is 0 Å². The van der Waals surface area contributed by atoms with Crippen molar-refractivity contribution in [2.24, 2.45) is 0 Å². The smallest absolute Gasteiger partial charge is 0.125 e. The van der Waals surface area contributed by atoms with E-state index in [1.807, 2.05) is 0 Å². The molecule has 0 unspecified atom stereocenters. The average molecular weight is 204 g/mol. The molecule has 0 radical (unpaired) electrons. The molecule has 0 N–H and O–H groups in total. The summed E-state index contributed by atoms with van der Waals surface area (Å²) in [6, 6.07) is 5.04. The van der Waals surface area contributed by atoms with Crippen LogP contribution < -0.4 is 4.90 Å². The molecule has 1 aromatic rings. The second kappa shape index (κ2) is 3.90. The summed E-state index contributed by atoms with van der Waals surface area (Å²) in [7, 11) is 0. The van der Waals surface area contributed by atoms with Crippen LogP contribution in [-0.2, 0) is 0 Å². The van der Waals surface area contributed by atoms with E-state index in [4.69, 9.17) is 5.26 Å². The lowest BCUT2D eigenvalue weighted by atomic mass is 10.1. The fourth-order valence-corrected chi connectivity index (χ4v) is 2.08. The summed E-state index contributed by atoms with van der Waals surface area (Å²) in [6.07, 6.45) is 2.25. The van der Waals surface area contributed by atoms with Crippen molar-refractivity contribution >= 4 is 5.69 Å². The predicted octanol–water partition coefficient (Wildman–Crippen LogP) is 2.61. The molecule has 3 heteroatoms. The van der Waals surface area contributed by atoms with Crippen molar-refractivity contribution in [3.8, 4) is 6.07 Å². The average Bonchev–Trinajstić information content (AvgIpc) is 2.69. The van der Waals surface area contributed by atoms with Gasteiger partial charge in [-0.2, -0.15) is 5.26 Å². The van der Waals surface area contributed by atoms with E-state index in [0.29, 0.717) is 5.56 Å². The van der Waals surface area contributed by atoms with Crippen LogP contribution in [0.4, 0.5) is 10.1 Å². The lowest BCUT2D eigenvalue weighted by molar-refractivity contribution is 0.626. The number of rotatable bonds is 1. The minimum atomic E-state index is -0.256. The molecule has 1 aromatic carbocycles. The van der Waals surface area contributed by atoms with E-state index in [1.165, 1.54) is 12.1 Å². The van der Waals surface area contributed by atoms with Crippen LogP contribution in [0.25, 0.3) is 0 Å². The van der Waals surface area contributed by atoms with E-state index in [9.17, 15) is 4.39 Å². The lowest BCUT2D eigenvalue weighted by Gasteiger charge is -2.19. The van der Waals surface area contributed by atoms with Gasteiger partial charge in [0.1, 0.15) is 11.9 Å². The first-order chi connectivity index (χ1) is 7.22. The van der Waals surface area contributed by atoms with Crippen molar-refractivity contribution in [1.82, 2.24) is 0 Å². The van der Waals surface area contributed by atoms with Gasteiger partial charge in [-0.05, 0) is 37.5 Å². The van der Waals surface area contributed by atoms with Gasteiger partial charge in [0.05, 0.1) is 11.3 Å². The zero-order chi connectivity index (χ0) is 10.8. The van der Waals surface area contributed by atoms with Gasteiger partial charge in [-0.1, -0.05) is 0 Å². The highest BCUT2D eigenvalue weighted by molar-refractivity contribution is 5.63. The maximum Gasteiger partial charge on any atom is 0.125 e. The molecule has 2 nitrogen and oxygen atoms in total. The molecule has 1 heterocycles. The number of aryl methyl sites for hydroxylation is 1. The van der Waals surface area contributed by atoms with Crippen LogP contribution >= 0.6 is 0 Å². The van der Waals surface area contributed by atoms with Gasteiger partial charge in [0.25, 0.3) is 0 Å². The second-order valence-electron chi connectivity index (χ2n) is 3.92. The molecule has 1 aliphatic heterocycles. The van der Waals surface area contributed by atoms with Gasteiger partial charge in [0, 0.05) is 13.1 Å². The third-order valence-corrected chi connectivity index (χ3v) is 2.84. The van der Waals surface area contributed by atoms with E-state index in [0.717, 1.165) is 37.2 Å². The zero-order valence-electron chi connectivity index (χ0n) is 8.76. The Labute approximate surface area is 88.9 Å². The van der Waals surface area contributed by atoms with Crippen LogP contribution in [0, 0.1) is 24.1 Å². The number of benzene rings is 1. The molecule has 78 valence electrons. The molecule has 2 rings (SSSR count).